The molecule has 0 aliphatic heterocycles. The van der Waals surface area contributed by atoms with E-state index in [0.29, 0.717) is 11.2 Å². The number of fused-ring (bicyclic) bond motifs is 1. The van der Waals surface area contributed by atoms with E-state index < -0.39 is 10.0 Å². The van der Waals surface area contributed by atoms with Gasteiger partial charge in [-0.05, 0) is 36.8 Å². The van der Waals surface area contributed by atoms with Crippen molar-refractivity contribution in [3.8, 4) is 0 Å². The predicted octanol–water partition coefficient (Wildman–Crippen LogP) is 5.33. The normalized spacial score (nSPS) is 12.4. The Morgan fingerprint density at radius 2 is 1.41 bits per heavy atom. The molecule has 0 radical (unpaired) electrons. The number of aromatic nitrogens is 1. The molecule has 4 aromatic rings. The van der Waals surface area contributed by atoms with Gasteiger partial charge in [0, 0.05) is 11.0 Å². The van der Waals surface area contributed by atoms with Crippen LogP contribution < -0.4 is 0 Å². The molecule has 0 saturated carbocycles. The monoisotopic (exact) mass is 373 g/mol. The van der Waals surface area contributed by atoms with Crippen molar-refractivity contribution in [1.29, 1.82) is 0 Å². The number of nitrogens with zero attached hydrogens (tertiary/aromatic N) is 1. The van der Waals surface area contributed by atoms with E-state index in [1.807, 2.05) is 79.7 Å². The Morgan fingerprint density at radius 3 is 2.07 bits per heavy atom. The van der Waals surface area contributed by atoms with Crippen molar-refractivity contribution in [2.45, 2.75) is 11.8 Å². The number of hydrogen-bond donors (Lipinski definition) is 0. The third-order valence-electron chi connectivity index (χ3n) is 4.60. The molecule has 0 bridgehead atoms. The maximum absolute atomic E-state index is 13.5. The van der Waals surface area contributed by atoms with Crippen LogP contribution in [-0.4, -0.2) is 12.4 Å². The summed E-state index contributed by atoms with van der Waals surface area (Å²) in [5, 5.41) is 0.891. The molecule has 0 aliphatic rings. The summed E-state index contributed by atoms with van der Waals surface area (Å²) < 4.78 is 28.5. The molecule has 0 fully saturated rings. The molecule has 1 aromatic heterocycles. The summed E-state index contributed by atoms with van der Waals surface area (Å²) in [6.45, 7) is 1.93. The largest absolute Gasteiger partial charge is 0.268 e. The van der Waals surface area contributed by atoms with Gasteiger partial charge >= 0.3 is 0 Å². The number of hydrogen-bond acceptors (Lipinski definition) is 2. The standard InChI is InChI=1S/C23H19NO2S/c1-2-21(18-11-5-3-6-12-18)23-17-19-13-9-10-16-22(19)24(23)27(25,26)20-14-7-4-8-15-20/h2-17H,1H3. The van der Waals surface area contributed by atoms with Crippen molar-refractivity contribution in [3.05, 3.63) is 108 Å². The van der Waals surface area contributed by atoms with E-state index in [2.05, 4.69) is 0 Å². The predicted molar refractivity (Wildman–Crippen MR) is 110 cm³/mol. The van der Waals surface area contributed by atoms with Crippen LogP contribution >= 0.6 is 0 Å². The van der Waals surface area contributed by atoms with E-state index in [1.54, 1.807) is 24.3 Å². The molecule has 0 N–H and O–H groups in total. The molecule has 4 rings (SSSR count). The fraction of sp³-hybridized carbons (Fsp3) is 0.0435. The Balaban J connectivity index is 2.05. The highest BCUT2D eigenvalue weighted by Crippen LogP contribution is 2.32. The van der Waals surface area contributed by atoms with Crippen LogP contribution in [0.5, 0.6) is 0 Å². The number of allylic oxidation sites excluding steroid dienone is 1. The molecular weight excluding hydrogens is 354 g/mol. The van der Waals surface area contributed by atoms with Gasteiger partial charge in [-0.25, -0.2) is 12.4 Å². The van der Waals surface area contributed by atoms with Crippen LogP contribution in [0.15, 0.2) is 102 Å². The van der Waals surface area contributed by atoms with Crippen LogP contribution in [0.2, 0.25) is 0 Å². The van der Waals surface area contributed by atoms with Crippen LogP contribution in [0.25, 0.3) is 16.5 Å². The smallest absolute Gasteiger partial charge is 0.233 e. The molecule has 0 amide bonds. The summed E-state index contributed by atoms with van der Waals surface area (Å²) in [5.41, 5.74) is 3.19. The molecule has 27 heavy (non-hydrogen) atoms. The van der Waals surface area contributed by atoms with Crippen LogP contribution in [0, 0.1) is 0 Å². The maximum atomic E-state index is 13.5. The van der Waals surface area contributed by atoms with Gasteiger partial charge in [-0.2, -0.15) is 0 Å². The van der Waals surface area contributed by atoms with Gasteiger partial charge in [0.25, 0.3) is 10.0 Å². The fourth-order valence-electron chi connectivity index (χ4n) is 3.35. The summed E-state index contributed by atoms with van der Waals surface area (Å²) in [6.07, 6.45) is 1.96. The Kier molecular flexibility index (Phi) is 4.42. The SMILES string of the molecule is CC=C(c1ccccc1)c1cc2ccccc2n1S(=O)(=O)c1ccccc1. The highest BCUT2D eigenvalue weighted by molar-refractivity contribution is 7.90. The van der Waals surface area contributed by atoms with Crippen LogP contribution in [0.3, 0.4) is 0 Å². The van der Waals surface area contributed by atoms with Crippen LogP contribution in [0.1, 0.15) is 18.2 Å². The maximum Gasteiger partial charge on any atom is 0.268 e. The topological polar surface area (TPSA) is 39.1 Å². The highest BCUT2D eigenvalue weighted by atomic mass is 32.2. The van der Waals surface area contributed by atoms with Gasteiger partial charge in [0.15, 0.2) is 0 Å². The average Bonchev–Trinajstić information content (AvgIpc) is 3.10. The molecule has 3 nitrogen and oxygen atoms in total. The van der Waals surface area contributed by atoms with E-state index in [-0.39, 0.29) is 4.90 Å². The third kappa shape index (κ3) is 2.98. The van der Waals surface area contributed by atoms with Gasteiger partial charge < -0.3 is 0 Å². The van der Waals surface area contributed by atoms with Crippen LogP contribution in [-0.2, 0) is 10.0 Å². The quantitative estimate of drug-likeness (QED) is 0.485. The minimum absolute atomic E-state index is 0.274. The molecule has 4 heteroatoms. The molecule has 0 spiro atoms. The van der Waals surface area contributed by atoms with Crippen molar-refractivity contribution in [1.82, 2.24) is 3.97 Å². The minimum Gasteiger partial charge on any atom is -0.233 e. The fourth-order valence-corrected chi connectivity index (χ4v) is 4.90. The first-order valence-electron chi connectivity index (χ1n) is 8.76. The van der Waals surface area contributed by atoms with Gasteiger partial charge in [0.1, 0.15) is 0 Å². The van der Waals surface area contributed by atoms with Crippen LogP contribution in [0.4, 0.5) is 0 Å². The van der Waals surface area contributed by atoms with Gasteiger partial charge in [-0.15, -0.1) is 0 Å². The Hall–Kier alpha value is -3.11. The van der Waals surface area contributed by atoms with Crippen molar-refractivity contribution >= 4 is 26.5 Å². The van der Waals surface area contributed by atoms with Crippen molar-refractivity contribution < 1.29 is 8.42 Å². The van der Waals surface area contributed by atoms with Gasteiger partial charge in [0.2, 0.25) is 0 Å². The zero-order chi connectivity index (χ0) is 18.9. The molecule has 3 aromatic carbocycles. The Bertz CT molecular complexity index is 1220. The van der Waals surface area contributed by atoms with E-state index in [4.69, 9.17) is 0 Å². The van der Waals surface area contributed by atoms with E-state index in [0.717, 1.165) is 16.5 Å². The first-order valence-corrected chi connectivity index (χ1v) is 10.2. The van der Waals surface area contributed by atoms with Gasteiger partial charge in [-0.3, -0.25) is 0 Å². The highest BCUT2D eigenvalue weighted by Gasteiger charge is 2.24. The first kappa shape index (κ1) is 17.3. The lowest BCUT2D eigenvalue weighted by Gasteiger charge is -2.14. The van der Waals surface area contributed by atoms with E-state index >= 15 is 0 Å². The zero-order valence-electron chi connectivity index (χ0n) is 14.9. The molecule has 134 valence electrons. The summed E-state index contributed by atoms with van der Waals surface area (Å²) >= 11 is 0. The number of para-hydroxylation sites is 1. The van der Waals surface area contributed by atoms with E-state index in [9.17, 15) is 8.42 Å². The van der Waals surface area contributed by atoms with Gasteiger partial charge in [0.05, 0.1) is 16.1 Å². The second-order valence-electron chi connectivity index (χ2n) is 6.24. The first-order chi connectivity index (χ1) is 13.1. The summed E-state index contributed by atoms with van der Waals surface area (Å²) in [5.74, 6) is 0. The molecule has 0 atom stereocenters. The van der Waals surface area contributed by atoms with Crippen molar-refractivity contribution in [2.24, 2.45) is 0 Å². The third-order valence-corrected chi connectivity index (χ3v) is 6.34. The average molecular weight is 373 g/mol. The second kappa shape index (κ2) is 6.89. The van der Waals surface area contributed by atoms with Gasteiger partial charge in [-0.1, -0.05) is 72.8 Å². The van der Waals surface area contributed by atoms with Crippen molar-refractivity contribution in [3.63, 3.8) is 0 Å². The zero-order valence-corrected chi connectivity index (χ0v) is 15.7. The molecule has 0 unspecified atom stereocenters. The van der Waals surface area contributed by atoms with Crippen molar-refractivity contribution in [2.75, 3.05) is 0 Å². The van der Waals surface area contributed by atoms with E-state index in [1.165, 1.54) is 3.97 Å². The number of rotatable bonds is 4. The summed E-state index contributed by atoms with van der Waals surface area (Å²) in [4.78, 5) is 0.274. The Morgan fingerprint density at radius 1 is 0.815 bits per heavy atom. The lowest BCUT2D eigenvalue weighted by molar-refractivity contribution is 0.588. The molecule has 0 aliphatic carbocycles. The lowest BCUT2D eigenvalue weighted by atomic mass is 10.0. The summed E-state index contributed by atoms with van der Waals surface area (Å²) in [6, 6.07) is 27.9. The minimum atomic E-state index is -3.74. The molecular formula is C23H19NO2S. The molecule has 0 saturated heterocycles. The summed E-state index contributed by atoms with van der Waals surface area (Å²) in [7, 11) is -3.74. The second-order valence-corrected chi connectivity index (χ2v) is 8.03. The molecule has 1 heterocycles. The number of benzene rings is 3. The lowest BCUT2D eigenvalue weighted by Crippen LogP contribution is -2.15. The Labute approximate surface area is 159 Å².